The van der Waals surface area contributed by atoms with E-state index in [2.05, 4.69) is 29.5 Å². The molecule has 5 nitrogen and oxygen atoms in total. The molecule has 2 aromatic rings. The van der Waals surface area contributed by atoms with Gasteiger partial charge in [0.1, 0.15) is 0 Å². The molecule has 116 valence electrons. The highest BCUT2D eigenvalue weighted by atomic mass is 16.2. The van der Waals surface area contributed by atoms with Crippen molar-refractivity contribution >= 4 is 11.8 Å². The van der Waals surface area contributed by atoms with E-state index in [0.29, 0.717) is 18.3 Å². The zero-order valence-electron chi connectivity index (χ0n) is 13.1. The summed E-state index contributed by atoms with van der Waals surface area (Å²) in [6.07, 6.45) is 4.34. The van der Waals surface area contributed by atoms with Crippen molar-refractivity contribution in [2.24, 2.45) is 5.92 Å². The lowest BCUT2D eigenvalue weighted by atomic mass is 10.2. The molecule has 1 fully saturated rings. The van der Waals surface area contributed by atoms with Crippen LogP contribution in [0.2, 0.25) is 0 Å². The molecular weight excluding hydrogens is 276 g/mol. The average Bonchev–Trinajstić information content (AvgIpc) is 3.29. The van der Waals surface area contributed by atoms with Gasteiger partial charge >= 0.3 is 6.03 Å². The van der Waals surface area contributed by atoms with Crippen molar-refractivity contribution < 1.29 is 4.79 Å². The smallest absolute Gasteiger partial charge is 0.323 e. The second-order valence-electron chi connectivity index (χ2n) is 6.00. The van der Waals surface area contributed by atoms with Crippen LogP contribution in [0.1, 0.15) is 25.3 Å². The lowest BCUT2D eigenvalue weighted by Crippen LogP contribution is -2.39. The molecule has 1 aliphatic rings. The van der Waals surface area contributed by atoms with E-state index in [0.717, 1.165) is 0 Å². The molecule has 1 aromatic heterocycles. The first-order valence-electron chi connectivity index (χ1n) is 7.74. The summed E-state index contributed by atoms with van der Waals surface area (Å²) in [4.78, 5) is 14.0. The number of aromatic nitrogens is 2. The van der Waals surface area contributed by atoms with E-state index in [4.69, 9.17) is 0 Å². The highest BCUT2D eigenvalue weighted by molar-refractivity contribution is 5.88. The molecule has 1 atom stereocenters. The first-order chi connectivity index (χ1) is 10.6. The largest absolute Gasteiger partial charge is 0.325 e. The third-order valence-corrected chi connectivity index (χ3v) is 4.30. The Labute approximate surface area is 130 Å². The van der Waals surface area contributed by atoms with Crippen molar-refractivity contribution in [3.05, 3.63) is 48.2 Å². The SMILES string of the molecule is C[C@H](C1CC1)N(C)C(=O)Nc1ccn(Cc2ccccc2)n1. The van der Waals surface area contributed by atoms with Crippen molar-refractivity contribution in [1.29, 1.82) is 0 Å². The number of anilines is 1. The summed E-state index contributed by atoms with van der Waals surface area (Å²) in [7, 11) is 1.85. The molecule has 1 saturated carbocycles. The minimum absolute atomic E-state index is 0.0932. The van der Waals surface area contributed by atoms with Crippen LogP contribution in [0.15, 0.2) is 42.6 Å². The number of hydrogen-bond donors (Lipinski definition) is 1. The van der Waals surface area contributed by atoms with Crippen LogP contribution in [-0.4, -0.2) is 33.8 Å². The number of rotatable bonds is 5. The van der Waals surface area contributed by atoms with Gasteiger partial charge in [-0.1, -0.05) is 30.3 Å². The fourth-order valence-electron chi connectivity index (χ4n) is 2.56. The molecule has 5 heteroatoms. The van der Waals surface area contributed by atoms with Gasteiger partial charge in [-0.2, -0.15) is 5.10 Å². The molecule has 0 spiro atoms. The van der Waals surface area contributed by atoms with Crippen LogP contribution in [0, 0.1) is 5.92 Å². The molecule has 0 unspecified atom stereocenters. The van der Waals surface area contributed by atoms with Crippen molar-refractivity contribution in [2.75, 3.05) is 12.4 Å². The normalized spacial score (nSPS) is 15.4. The number of amides is 2. The van der Waals surface area contributed by atoms with Gasteiger partial charge in [-0.15, -0.1) is 0 Å². The molecule has 0 aliphatic heterocycles. The maximum atomic E-state index is 12.2. The predicted molar refractivity (Wildman–Crippen MR) is 86.7 cm³/mol. The minimum atomic E-state index is -0.0932. The second-order valence-corrected chi connectivity index (χ2v) is 6.00. The van der Waals surface area contributed by atoms with Crippen LogP contribution < -0.4 is 5.32 Å². The zero-order chi connectivity index (χ0) is 15.5. The summed E-state index contributed by atoms with van der Waals surface area (Å²) in [6, 6.07) is 12.2. The lowest BCUT2D eigenvalue weighted by molar-refractivity contribution is 0.201. The van der Waals surface area contributed by atoms with Crippen LogP contribution in [0.25, 0.3) is 0 Å². The van der Waals surface area contributed by atoms with Crippen LogP contribution in [0.3, 0.4) is 0 Å². The molecule has 1 N–H and O–H groups in total. The van der Waals surface area contributed by atoms with Crippen LogP contribution in [0.5, 0.6) is 0 Å². The van der Waals surface area contributed by atoms with Crippen LogP contribution in [0.4, 0.5) is 10.6 Å². The molecule has 0 saturated heterocycles. The Hall–Kier alpha value is -2.30. The summed E-state index contributed by atoms with van der Waals surface area (Å²) < 4.78 is 1.83. The lowest BCUT2D eigenvalue weighted by Gasteiger charge is -2.24. The monoisotopic (exact) mass is 298 g/mol. The maximum absolute atomic E-state index is 12.2. The number of benzene rings is 1. The molecule has 2 amide bonds. The Morgan fingerprint density at radius 1 is 1.36 bits per heavy atom. The Morgan fingerprint density at radius 2 is 2.09 bits per heavy atom. The highest BCUT2D eigenvalue weighted by Crippen LogP contribution is 2.34. The van der Waals surface area contributed by atoms with E-state index >= 15 is 0 Å². The third-order valence-electron chi connectivity index (χ3n) is 4.30. The van der Waals surface area contributed by atoms with E-state index in [9.17, 15) is 4.79 Å². The summed E-state index contributed by atoms with van der Waals surface area (Å²) >= 11 is 0. The Morgan fingerprint density at radius 3 is 2.77 bits per heavy atom. The summed E-state index contributed by atoms with van der Waals surface area (Å²) in [5, 5.41) is 7.27. The second kappa shape index (κ2) is 6.22. The molecule has 1 heterocycles. The Balaban J connectivity index is 1.58. The fraction of sp³-hybridized carbons (Fsp3) is 0.412. The minimum Gasteiger partial charge on any atom is -0.325 e. The van der Waals surface area contributed by atoms with Crippen molar-refractivity contribution in [1.82, 2.24) is 14.7 Å². The quantitative estimate of drug-likeness (QED) is 0.921. The van der Waals surface area contributed by atoms with Gasteiger partial charge < -0.3 is 4.90 Å². The van der Waals surface area contributed by atoms with Crippen molar-refractivity contribution in [2.45, 2.75) is 32.4 Å². The predicted octanol–water partition coefficient (Wildman–Crippen LogP) is 3.19. The van der Waals surface area contributed by atoms with Gasteiger partial charge in [0.2, 0.25) is 0 Å². The number of nitrogens with one attached hydrogen (secondary N) is 1. The van der Waals surface area contributed by atoms with E-state index in [-0.39, 0.29) is 12.1 Å². The Bertz CT molecular complexity index is 633. The fourth-order valence-corrected chi connectivity index (χ4v) is 2.56. The third kappa shape index (κ3) is 3.47. The summed E-state index contributed by atoms with van der Waals surface area (Å²) in [5.41, 5.74) is 1.18. The Kier molecular flexibility index (Phi) is 4.13. The zero-order valence-corrected chi connectivity index (χ0v) is 13.1. The first-order valence-corrected chi connectivity index (χ1v) is 7.74. The number of nitrogens with zero attached hydrogens (tertiary/aromatic N) is 3. The molecule has 0 bridgehead atoms. The number of carbonyl (C=O) groups excluding carboxylic acids is 1. The number of urea groups is 1. The molecule has 1 aliphatic carbocycles. The molecule has 0 radical (unpaired) electrons. The highest BCUT2D eigenvalue weighted by Gasteiger charge is 2.32. The topological polar surface area (TPSA) is 50.2 Å². The van der Waals surface area contributed by atoms with Crippen molar-refractivity contribution in [3.63, 3.8) is 0 Å². The molecule has 1 aromatic carbocycles. The van der Waals surface area contributed by atoms with Gasteiger partial charge in [-0.3, -0.25) is 10.00 Å². The van der Waals surface area contributed by atoms with Gasteiger partial charge in [0.25, 0.3) is 0 Å². The van der Waals surface area contributed by atoms with E-state index in [1.165, 1.54) is 18.4 Å². The van der Waals surface area contributed by atoms with E-state index in [1.54, 1.807) is 4.90 Å². The van der Waals surface area contributed by atoms with Gasteiger partial charge in [0.05, 0.1) is 6.54 Å². The number of carbonyl (C=O) groups is 1. The standard InChI is InChI=1S/C17H22N4O/c1-13(15-8-9-15)20(2)17(22)18-16-10-11-21(19-16)12-14-6-4-3-5-7-14/h3-7,10-11,13,15H,8-9,12H2,1-2H3,(H,18,19,22)/t13-/m1/s1. The first kappa shape index (κ1) is 14.6. The van der Waals surface area contributed by atoms with Gasteiger partial charge in [0, 0.05) is 25.4 Å². The maximum Gasteiger partial charge on any atom is 0.323 e. The summed E-state index contributed by atoms with van der Waals surface area (Å²) in [6.45, 7) is 2.80. The van der Waals surface area contributed by atoms with Gasteiger partial charge in [0.15, 0.2) is 5.82 Å². The van der Waals surface area contributed by atoms with Crippen LogP contribution >= 0.6 is 0 Å². The average molecular weight is 298 g/mol. The summed E-state index contributed by atoms with van der Waals surface area (Å²) in [5.74, 6) is 1.25. The number of hydrogen-bond acceptors (Lipinski definition) is 2. The van der Waals surface area contributed by atoms with Crippen LogP contribution in [-0.2, 0) is 6.54 Å². The van der Waals surface area contributed by atoms with Gasteiger partial charge in [-0.05, 0) is 31.2 Å². The van der Waals surface area contributed by atoms with Gasteiger partial charge in [-0.25, -0.2) is 4.79 Å². The van der Waals surface area contributed by atoms with Crippen molar-refractivity contribution in [3.8, 4) is 0 Å². The molecule has 3 rings (SSSR count). The molecule has 22 heavy (non-hydrogen) atoms. The van der Waals surface area contributed by atoms with E-state index < -0.39 is 0 Å². The van der Waals surface area contributed by atoms with E-state index in [1.807, 2.05) is 42.2 Å². The molecular formula is C17H22N4O.